The minimum absolute atomic E-state index is 0.117. The van der Waals surface area contributed by atoms with Gasteiger partial charge in [0.2, 0.25) is 10.0 Å². The number of esters is 1. The minimum atomic E-state index is -4.02. The van der Waals surface area contributed by atoms with Crippen LogP contribution in [0.1, 0.15) is 30.6 Å². The second-order valence-electron chi connectivity index (χ2n) is 5.32. The topological polar surface area (TPSA) is 98.5 Å². The number of hydrogen-bond donors (Lipinski definition) is 2. The molecule has 1 unspecified atom stereocenters. The predicted molar refractivity (Wildman–Crippen MR) is 80.4 cm³/mol. The second kappa shape index (κ2) is 7.66. The summed E-state index contributed by atoms with van der Waals surface area (Å²) in [6.45, 7) is 4.00. The predicted octanol–water partition coefficient (Wildman–Crippen LogP) is 1.26. The molecule has 124 valence electrons. The van der Waals surface area contributed by atoms with Gasteiger partial charge in [-0.15, -0.1) is 0 Å². The molecule has 0 saturated heterocycles. The van der Waals surface area contributed by atoms with Crippen molar-refractivity contribution >= 4 is 16.0 Å². The van der Waals surface area contributed by atoms with Crippen molar-refractivity contribution in [2.75, 3.05) is 13.7 Å². The van der Waals surface area contributed by atoms with E-state index in [-0.39, 0.29) is 22.9 Å². The fraction of sp³-hybridized carbons (Fsp3) is 0.500. The quantitative estimate of drug-likeness (QED) is 0.733. The van der Waals surface area contributed by atoms with Crippen LogP contribution in [0.25, 0.3) is 0 Å². The number of benzene rings is 1. The van der Waals surface area contributed by atoms with Crippen LogP contribution in [-0.4, -0.2) is 34.1 Å². The van der Waals surface area contributed by atoms with Gasteiger partial charge >= 0.3 is 5.97 Å². The fourth-order valence-corrected chi connectivity index (χ4v) is 3.49. The molecule has 0 aliphatic rings. The molecule has 22 heavy (non-hydrogen) atoms. The normalized spacial score (nSPS) is 13.2. The van der Waals surface area contributed by atoms with E-state index >= 15 is 0 Å². The Kier molecular flexibility index (Phi) is 6.46. The highest BCUT2D eigenvalue weighted by Crippen LogP contribution is 2.19. The highest BCUT2D eigenvalue weighted by atomic mass is 32.2. The summed E-state index contributed by atoms with van der Waals surface area (Å²) in [4.78, 5) is 11.3. The molecule has 0 aromatic heterocycles. The van der Waals surface area contributed by atoms with Gasteiger partial charge in [0.05, 0.1) is 17.6 Å². The molecule has 1 aromatic rings. The molecule has 0 fully saturated rings. The largest absolute Gasteiger partial charge is 0.465 e. The van der Waals surface area contributed by atoms with Gasteiger partial charge in [-0.2, -0.15) is 0 Å². The lowest BCUT2D eigenvalue weighted by molar-refractivity contribution is 0.0595. The number of carbonyl (C=O) groups is 1. The van der Waals surface area contributed by atoms with Gasteiger partial charge in [0, 0.05) is 12.6 Å². The van der Waals surface area contributed by atoms with Crippen molar-refractivity contribution in [1.29, 1.82) is 0 Å². The lowest BCUT2D eigenvalue weighted by Crippen LogP contribution is -2.41. The van der Waals surface area contributed by atoms with E-state index < -0.39 is 27.9 Å². The SMILES string of the molecule is COC(=O)c1cc(F)ccc1S(=O)(=O)NC(CN)CC(C)C. The molecule has 0 amide bonds. The zero-order valence-electron chi connectivity index (χ0n) is 12.8. The first-order chi connectivity index (χ1) is 10.2. The third-order valence-electron chi connectivity index (χ3n) is 3.00. The summed E-state index contributed by atoms with van der Waals surface area (Å²) in [6, 6.07) is 2.37. The molecule has 1 aromatic carbocycles. The molecule has 6 nitrogen and oxygen atoms in total. The number of methoxy groups -OCH3 is 1. The van der Waals surface area contributed by atoms with Gasteiger partial charge in [-0.1, -0.05) is 13.8 Å². The summed E-state index contributed by atoms with van der Waals surface area (Å²) in [5.74, 6) is -1.41. The first-order valence-corrected chi connectivity index (χ1v) is 8.29. The van der Waals surface area contributed by atoms with Crippen LogP contribution in [0.15, 0.2) is 23.1 Å². The van der Waals surface area contributed by atoms with Gasteiger partial charge in [-0.3, -0.25) is 0 Å². The fourth-order valence-electron chi connectivity index (χ4n) is 2.05. The van der Waals surface area contributed by atoms with Gasteiger partial charge in [0.1, 0.15) is 5.82 Å². The smallest absolute Gasteiger partial charge is 0.339 e. The Morgan fingerprint density at radius 2 is 2.05 bits per heavy atom. The van der Waals surface area contributed by atoms with Crippen LogP contribution in [0, 0.1) is 11.7 Å². The molecule has 0 aliphatic carbocycles. The molecular formula is C14H21FN2O4S. The average molecular weight is 332 g/mol. The van der Waals surface area contributed by atoms with E-state index in [9.17, 15) is 17.6 Å². The molecule has 0 spiro atoms. The summed E-state index contributed by atoms with van der Waals surface area (Å²) < 4.78 is 45.1. The van der Waals surface area contributed by atoms with E-state index in [4.69, 9.17) is 5.73 Å². The third kappa shape index (κ3) is 4.75. The van der Waals surface area contributed by atoms with Crippen molar-refractivity contribution in [3.8, 4) is 0 Å². The molecule has 0 saturated carbocycles. The van der Waals surface area contributed by atoms with E-state index in [1.165, 1.54) is 0 Å². The zero-order chi connectivity index (χ0) is 16.9. The summed E-state index contributed by atoms with van der Waals surface area (Å²) in [5.41, 5.74) is 5.22. The molecule has 1 atom stereocenters. The van der Waals surface area contributed by atoms with Crippen LogP contribution in [0.5, 0.6) is 0 Å². The number of sulfonamides is 1. The maximum absolute atomic E-state index is 13.3. The van der Waals surface area contributed by atoms with E-state index in [0.717, 1.165) is 25.3 Å². The Labute approximate surface area is 129 Å². The molecule has 8 heteroatoms. The van der Waals surface area contributed by atoms with Gasteiger partial charge in [0.15, 0.2) is 0 Å². The van der Waals surface area contributed by atoms with Crippen LogP contribution in [0.2, 0.25) is 0 Å². The Hall–Kier alpha value is -1.51. The van der Waals surface area contributed by atoms with E-state index in [0.29, 0.717) is 6.42 Å². The van der Waals surface area contributed by atoms with Crippen LogP contribution in [0.3, 0.4) is 0 Å². The maximum Gasteiger partial charge on any atom is 0.339 e. The van der Waals surface area contributed by atoms with Gasteiger partial charge in [-0.25, -0.2) is 22.3 Å². The summed E-state index contributed by atoms with van der Waals surface area (Å²) in [6.07, 6.45) is 0.546. The molecule has 1 rings (SSSR count). The number of ether oxygens (including phenoxy) is 1. The van der Waals surface area contributed by atoms with Crippen LogP contribution < -0.4 is 10.5 Å². The maximum atomic E-state index is 13.3. The Morgan fingerprint density at radius 1 is 1.41 bits per heavy atom. The molecular weight excluding hydrogens is 311 g/mol. The number of halogens is 1. The lowest BCUT2D eigenvalue weighted by Gasteiger charge is -2.19. The van der Waals surface area contributed by atoms with Crippen LogP contribution in [-0.2, 0) is 14.8 Å². The molecule has 3 N–H and O–H groups in total. The Balaban J connectivity index is 3.19. The number of rotatable bonds is 7. The standard InChI is InChI=1S/C14H21FN2O4S/c1-9(2)6-11(8-16)17-22(19,20)13-5-4-10(15)7-12(13)14(18)21-3/h4-5,7,9,11,17H,6,8,16H2,1-3H3. The Bertz CT molecular complexity index is 632. The number of nitrogens with two attached hydrogens (primary N) is 1. The van der Waals surface area contributed by atoms with Crippen molar-refractivity contribution in [3.63, 3.8) is 0 Å². The van der Waals surface area contributed by atoms with Crippen molar-refractivity contribution < 1.29 is 22.3 Å². The van der Waals surface area contributed by atoms with Gasteiger partial charge in [0.25, 0.3) is 0 Å². The molecule has 0 bridgehead atoms. The highest BCUT2D eigenvalue weighted by molar-refractivity contribution is 7.89. The van der Waals surface area contributed by atoms with Gasteiger partial charge < -0.3 is 10.5 Å². The number of nitrogens with one attached hydrogen (secondary N) is 1. The third-order valence-corrected chi connectivity index (χ3v) is 4.58. The summed E-state index contributed by atoms with van der Waals surface area (Å²) in [7, 11) is -2.92. The molecule has 0 aliphatic heterocycles. The van der Waals surface area contributed by atoms with Crippen molar-refractivity contribution in [2.45, 2.75) is 31.2 Å². The lowest BCUT2D eigenvalue weighted by atomic mass is 10.1. The first kappa shape index (κ1) is 18.5. The Morgan fingerprint density at radius 3 is 2.55 bits per heavy atom. The molecule has 0 heterocycles. The summed E-state index contributed by atoms with van der Waals surface area (Å²) >= 11 is 0. The van der Waals surface area contributed by atoms with Crippen molar-refractivity contribution in [1.82, 2.24) is 4.72 Å². The van der Waals surface area contributed by atoms with Crippen LogP contribution >= 0.6 is 0 Å². The van der Waals surface area contributed by atoms with Gasteiger partial charge in [-0.05, 0) is 30.5 Å². The molecule has 0 radical (unpaired) electrons. The number of hydrogen-bond acceptors (Lipinski definition) is 5. The minimum Gasteiger partial charge on any atom is -0.465 e. The zero-order valence-corrected chi connectivity index (χ0v) is 13.6. The van der Waals surface area contributed by atoms with Crippen molar-refractivity contribution in [3.05, 3.63) is 29.6 Å². The highest BCUT2D eigenvalue weighted by Gasteiger charge is 2.26. The van der Waals surface area contributed by atoms with Crippen LogP contribution in [0.4, 0.5) is 4.39 Å². The van der Waals surface area contributed by atoms with E-state index in [2.05, 4.69) is 9.46 Å². The first-order valence-electron chi connectivity index (χ1n) is 6.81. The van der Waals surface area contributed by atoms with E-state index in [1.807, 2.05) is 13.8 Å². The second-order valence-corrected chi connectivity index (χ2v) is 7.00. The van der Waals surface area contributed by atoms with E-state index in [1.54, 1.807) is 0 Å². The monoisotopic (exact) mass is 332 g/mol. The summed E-state index contributed by atoms with van der Waals surface area (Å²) in [5, 5.41) is 0. The average Bonchev–Trinajstić information content (AvgIpc) is 2.44. The van der Waals surface area contributed by atoms with Crippen molar-refractivity contribution in [2.24, 2.45) is 11.7 Å². The number of carbonyl (C=O) groups excluding carboxylic acids is 1.